The minimum absolute atomic E-state index is 0.320. The van der Waals surface area contributed by atoms with Crippen LogP contribution in [-0.4, -0.2) is 31.6 Å². The van der Waals surface area contributed by atoms with Crippen molar-refractivity contribution >= 4 is 21.2 Å². The number of hydrogen-bond acceptors (Lipinski definition) is 5. The quantitative estimate of drug-likeness (QED) is 0.320. The van der Waals surface area contributed by atoms with E-state index in [0.717, 1.165) is 38.8 Å². The van der Waals surface area contributed by atoms with E-state index < -0.39 is 15.4 Å². The number of benzene rings is 2. The van der Waals surface area contributed by atoms with Crippen LogP contribution in [0.1, 0.15) is 32.0 Å². The predicted octanol–water partition coefficient (Wildman–Crippen LogP) is 6.12. The topological polar surface area (TPSA) is 61.2 Å². The zero-order valence-electron chi connectivity index (χ0n) is 19.5. The summed E-state index contributed by atoms with van der Waals surface area (Å²) in [6.07, 6.45) is 2.13. The molecule has 0 aliphatic carbocycles. The van der Waals surface area contributed by atoms with Crippen molar-refractivity contribution in [1.29, 1.82) is 0 Å². The summed E-state index contributed by atoms with van der Waals surface area (Å²) in [6.45, 7) is 6.15. The van der Waals surface area contributed by atoms with Crippen molar-refractivity contribution in [1.82, 2.24) is 9.78 Å². The Balaban J connectivity index is 1.86. The minimum atomic E-state index is -3.27. The van der Waals surface area contributed by atoms with E-state index in [1.54, 1.807) is 36.6 Å². The molecule has 0 bridgehead atoms. The number of para-hydroxylation sites is 1. The number of sulfone groups is 1. The lowest BCUT2D eigenvalue weighted by Crippen LogP contribution is -2.20. The van der Waals surface area contributed by atoms with Gasteiger partial charge >= 0.3 is 0 Å². The van der Waals surface area contributed by atoms with E-state index in [1.165, 1.54) is 11.8 Å². The molecule has 2 aromatic heterocycles. The second-order valence-corrected chi connectivity index (χ2v) is 11.6. The Morgan fingerprint density at radius 2 is 1.73 bits per heavy atom. The molecule has 0 spiro atoms. The third-order valence-corrected chi connectivity index (χ3v) is 8.11. The molecule has 0 amide bonds. The molecule has 2 aromatic carbocycles. The minimum Gasteiger partial charge on any atom is -0.372 e. The maximum absolute atomic E-state index is 12.0. The van der Waals surface area contributed by atoms with E-state index in [9.17, 15) is 8.42 Å². The first-order valence-corrected chi connectivity index (χ1v) is 13.5. The monoisotopic (exact) mass is 480 g/mol. The predicted molar refractivity (Wildman–Crippen MR) is 135 cm³/mol. The molecule has 172 valence electrons. The maximum atomic E-state index is 12.0. The van der Waals surface area contributed by atoms with Gasteiger partial charge < -0.3 is 4.74 Å². The lowest BCUT2D eigenvalue weighted by molar-refractivity contribution is 0.0152. The fourth-order valence-corrected chi connectivity index (χ4v) is 5.34. The Bertz CT molecular complexity index is 1400. The van der Waals surface area contributed by atoms with Crippen LogP contribution in [0.3, 0.4) is 0 Å². The smallest absolute Gasteiger partial charge is 0.175 e. The molecule has 0 radical (unpaired) electrons. The van der Waals surface area contributed by atoms with Crippen molar-refractivity contribution in [3.8, 4) is 26.7 Å². The van der Waals surface area contributed by atoms with Crippen LogP contribution in [0.2, 0.25) is 0 Å². The van der Waals surface area contributed by atoms with Gasteiger partial charge in [0.05, 0.1) is 26.8 Å². The molecule has 0 N–H and O–H groups in total. The lowest BCUT2D eigenvalue weighted by atomic mass is 10.1. The third-order valence-electron chi connectivity index (χ3n) is 5.84. The Labute approximate surface area is 199 Å². The van der Waals surface area contributed by atoms with Crippen molar-refractivity contribution in [3.63, 3.8) is 0 Å². The summed E-state index contributed by atoms with van der Waals surface area (Å²) in [6, 6.07) is 21.5. The van der Waals surface area contributed by atoms with Gasteiger partial charge in [-0.3, -0.25) is 0 Å². The van der Waals surface area contributed by atoms with Crippen LogP contribution in [0.15, 0.2) is 71.6 Å². The second kappa shape index (κ2) is 8.89. The van der Waals surface area contributed by atoms with Crippen molar-refractivity contribution in [2.45, 2.75) is 37.7 Å². The largest absolute Gasteiger partial charge is 0.372 e. The molecule has 4 aromatic rings. The summed E-state index contributed by atoms with van der Waals surface area (Å²) in [4.78, 5) is 2.37. The highest BCUT2D eigenvalue weighted by molar-refractivity contribution is 7.90. The Morgan fingerprint density at radius 3 is 2.42 bits per heavy atom. The third kappa shape index (κ3) is 4.67. The van der Waals surface area contributed by atoms with Crippen LogP contribution in [-0.2, 0) is 26.6 Å². The highest BCUT2D eigenvalue weighted by atomic mass is 32.2. The zero-order chi connectivity index (χ0) is 23.8. The molecule has 0 aliphatic heterocycles. The van der Waals surface area contributed by atoms with Crippen molar-refractivity contribution in [3.05, 3.63) is 78.0 Å². The maximum Gasteiger partial charge on any atom is 0.175 e. The first kappa shape index (κ1) is 23.4. The normalized spacial score (nSPS) is 12.3. The molecular weight excluding hydrogens is 452 g/mol. The summed E-state index contributed by atoms with van der Waals surface area (Å²) >= 11 is 1.62. The van der Waals surface area contributed by atoms with Crippen molar-refractivity contribution in [2.24, 2.45) is 0 Å². The standard InChI is InChI=1S/C26H28N2O3S2/c1-6-18-10-7-8-13-21(18)28-22(17-25(27-28)26(2,3)31-4)24-15-14-23(32-24)19-11-9-12-20(16-19)33(5,29)30/h7-17H,6H2,1-5H3. The van der Waals surface area contributed by atoms with Crippen LogP contribution >= 0.6 is 11.3 Å². The summed E-state index contributed by atoms with van der Waals surface area (Å²) < 4.78 is 31.7. The van der Waals surface area contributed by atoms with Crippen LogP contribution in [0.5, 0.6) is 0 Å². The molecule has 0 saturated heterocycles. The van der Waals surface area contributed by atoms with Gasteiger partial charge in [0.15, 0.2) is 9.84 Å². The van der Waals surface area contributed by atoms with E-state index in [0.29, 0.717) is 4.90 Å². The van der Waals surface area contributed by atoms with E-state index in [2.05, 4.69) is 31.2 Å². The van der Waals surface area contributed by atoms with Gasteiger partial charge in [0.1, 0.15) is 5.60 Å². The number of methoxy groups -OCH3 is 1. The average molecular weight is 481 g/mol. The molecule has 33 heavy (non-hydrogen) atoms. The number of aryl methyl sites for hydroxylation is 1. The van der Waals surface area contributed by atoms with Crippen LogP contribution in [0.4, 0.5) is 0 Å². The highest BCUT2D eigenvalue weighted by Gasteiger charge is 2.26. The number of rotatable bonds is 7. The van der Waals surface area contributed by atoms with Gasteiger partial charge in [-0.2, -0.15) is 5.10 Å². The van der Waals surface area contributed by atoms with Gasteiger partial charge in [0.2, 0.25) is 0 Å². The van der Waals surface area contributed by atoms with Crippen LogP contribution in [0, 0.1) is 0 Å². The highest BCUT2D eigenvalue weighted by Crippen LogP contribution is 2.38. The Hall–Kier alpha value is -2.74. The summed E-state index contributed by atoms with van der Waals surface area (Å²) in [7, 11) is -1.58. The molecule has 7 heteroatoms. The van der Waals surface area contributed by atoms with Gasteiger partial charge in [0, 0.05) is 18.2 Å². The summed E-state index contributed by atoms with van der Waals surface area (Å²) in [5.41, 5.74) is 4.42. The van der Waals surface area contributed by atoms with Gasteiger partial charge in [-0.25, -0.2) is 13.1 Å². The summed E-state index contributed by atoms with van der Waals surface area (Å²) in [5, 5.41) is 4.96. The molecule has 4 rings (SSSR count). The molecule has 0 saturated carbocycles. The number of nitrogens with zero attached hydrogens (tertiary/aromatic N) is 2. The zero-order valence-corrected chi connectivity index (χ0v) is 21.1. The molecule has 0 unspecified atom stereocenters. The summed E-state index contributed by atoms with van der Waals surface area (Å²) in [5.74, 6) is 0. The molecule has 0 fully saturated rings. The number of ether oxygens (including phenoxy) is 1. The van der Waals surface area contributed by atoms with Gasteiger partial charge in [-0.15, -0.1) is 11.3 Å². The molecular formula is C26H28N2O3S2. The van der Waals surface area contributed by atoms with Crippen molar-refractivity contribution in [2.75, 3.05) is 13.4 Å². The fourth-order valence-electron chi connectivity index (χ4n) is 3.67. The van der Waals surface area contributed by atoms with Crippen molar-refractivity contribution < 1.29 is 13.2 Å². The lowest BCUT2D eigenvalue weighted by Gasteiger charge is -2.20. The second-order valence-electron chi connectivity index (χ2n) is 8.49. The Morgan fingerprint density at radius 1 is 1.00 bits per heavy atom. The molecule has 5 nitrogen and oxygen atoms in total. The SMILES string of the molecule is CCc1ccccc1-n1nc(C(C)(C)OC)cc1-c1ccc(-c2cccc(S(C)(=O)=O)c2)s1. The fraction of sp³-hybridized carbons (Fsp3) is 0.269. The van der Waals surface area contributed by atoms with E-state index in [-0.39, 0.29) is 0 Å². The first-order chi connectivity index (χ1) is 15.6. The first-order valence-electron chi connectivity index (χ1n) is 10.8. The van der Waals surface area contributed by atoms with E-state index >= 15 is 0 Å². The van der Waals surface area contributed by atoms with E-state index in [4.69, 9.17) is 9.84 Å². The average Bonchev–Trinajstić information content (AvgIpc) is 3.46. The Kier molecular flexibility index (Phi) is 6.31. The molecule has 0 atom stereocenters. The molecule has 0 aliphatic rings. The van der Waals surface area contributed by atoms with Gasteiger partial charge in [-0.05, 0) is 67.8 Å². The number of aromatic nitrogens is 2. The van der Waals surface area contributed by atoms with Crippen LogP contribution in [0.25, 0.3) is 26.7 Å². The van der Waals surface area contributed by atoms with Gasteiger partial charge in [-0.1, -0.05) is 37.3 Å². The number of thiophene rings is 1. The van der Waals surface area contributed by atoms with Gasteiger partial charge in [0.25, 0.3) is 0 Å². The van der Waals surface area contributed by atoms with Crippen LogP contribution < -0.4 is 0 Å². The van der Waals surface area contributed by atoms with E-state index in [1.807, 2.05) is 42.8 Å². The number of hydrogen-bond donors (Lipinski definition) is 0. The molecule has 2 heterocycles.